The Morgan fingerprint density at radius 3 is 2.27 bits per heavy atom. The van der Waals surface area contributed by atoms with E-state index in [1.807, 2.05) is 0 Å². The van der Waals surface area contributed by atoms with Crippen LogP contribution in [-0.4, -0.2) is 20.9 Å². The minimum atomic E-state index is -4.70. The zero-order valence-electron chi connectivity index (χ0n) is 13.7. The number of carboxylic acid groups (broad SMARTS) is 1. The van der Waals surface area contributed by atoms with Crippen LogP contribution in [0.3, 0.4) is 0 Å². The molecule has 0 saturated heterocycles. The highest BCUT2D eigenvalue weighted by Crippen LogP contribution is 2.32. The van der Waals surface area contributed by atoms with Crippen molar-refractivity contribution in [2.45, 2.75) is 24.4 Å². The monoisotopic (exact) mass is 386 g/mol. The Morgan fingerprint density at radius 2 is 1.73 bits per heavy atom. The molecule has 0 aliphatic rings. The van der Waals surface area contributed by atoms with Gasteiger partial charge in [0.15, 0.2) is 0 Å². The molecule has 0 amide bonds. The number of benzene rings is 2. The van der Waals surface area contributed by atoms with Crippen molar-refractivity contribution in [2.24, 2.45) is 0 Å². The second-order valence-corrected chi connectivity index (χ2v) is 7.42. The largest absolute Gasteiger partial charge is 0.550 e. The number of halogens is 3. The van der Waals surface area contributed by atoms with Crippen molar-refractivity contribution in [3.05, 3.63) is 59.7 Å². The van der Waals surface area contributed by atoms with Crippen molar-refractivity contribution in [1.29, 1.82) is 0 Å². The Bertz CT molecular complexity index is 893. The molecule has 9 heteroatoms. The highest BCUT2D eigenvalue weighted by Gasteiger charge is 2.33. The summed E-state index contributed by atoms with van der Waals surface area (Å²) >= 11 is 0. The topological polar surface area (TPSA) is 77.5 Å². The molecule has 0 N–H and O–H groups in total. The van der Waals surface area contributed by atoms with Gasteiger partial charge in [0.25, 0.3) is 10.0 Å². The number of rotatable bonds is 6. The summed E-state index contributed by atoms with van der Waals surface area (Å²) in [6.45, 7) is 1.31. The van der Waals surface area contributed by atoms with Crippen LogP contribution in [-0.2, 0) is 21.0 Å². The molecule has 140 valence electrons. The predicted molar refractivity (Wildman–Crippen MR) is 86.8 cm³/mol. The first kappa shape index (κ1) is 19.8. The summed E-state index contributed by atoms with van der Waals surface area (Å²) < 4.78 is 65.1. The lowest BCUT2D eigenvalue weighted by molar-refractivity contribution is -0.305. The highest BCUT2D eigenvalue weighted by molar-refractivity contribution is 7.92. The maximum atomic E-state index is 12.9. The predicted octanol–water partition coefficient (Wildman–Crippen LogP) is 2.35. The summed E-state index contributed by atoms with van der Waals surface area (Å²) in [5.74, 6) is -1.47. The number of carbonyl (C=O) groups excluding carboxylic acids is 1. The minimum Gasteiger partial charge on any atom is -0.550 e. The van der Waals surface area contributed by atoms with E-state index < -0.39 is 45.6 Å². The van der Waals surface area contributed by atoms with Crippen LogP contribution < -0.4 is 9.41 Å². The van der Waals surface area contributed by atoms with Gasteiger partial charge in [0.1, 0.15) is 0 Å². The average molecular weight is 386 g/mol. The van der Waals surface area contributed by atoms with Gasteiger partial charge < -0.3 is 9.90 Å². The number of alkyl halides is 3. The Kier molecular flexibility index (Phi) is 5.60. The molecule has 0 fully saturated rings. The number of nitrogens with zero attached hydrogens (tertiary/aromatic N) is 1. The first-order valence-corrected chi connectivity index (χ1v) is 8.92. The van der Waals surface area contributed by atoms with Gasteiger partial charge in [0.05, 0.1) is 16.1 Å². The third-order valence-corrected chi connectivity index (χ3v) is 5.41. The summed E-state index contributed by atoms with van der Waals surface area (Å²) in [7, 11) is -4.40. The molecule has 2 aromatic carbocycles. The molecule has 0 spiro atoms. The van der Waals surface area contributed by atoms with E-state index in [1.165, 1.54) is 12.1 Å². The zero-order valence-corrected chi connectivity index (χ0v) is 14.5. The Balaban J connectivity index is 2.51. The molecule has 2 aromatic rings. The van der Waals surface area contributed by atoms with E-state index >= 15 is 0 Å². The summed E-state index contributed by atoms with van der Waals surface area (Å²) in [5.41, 5.74) is -0.123. The van der Waals surface area contributed by atoms with Crippen molar-refractivity contribution in [2.75, 3.05) is 10.8 Å². The highest BCUT2D eigenvalue weighted by atomic mass is 32.2. The summed E-state index contributed by atoms with van der Waals surface area (Å²) in [6, 6.07) is 9.44. The fraction of sp³-hybridized carbons (Fsp3) is 0.235. The maximum absolute atomic E-state index is 12.9. The van der Waals surface area contributed by atoms with Crippen LogP contribution in [0.15, 0.2) is 53.4 Å². The van der Waals surface area contributed by atoms with E-state index in [2.05, 4.69) is 0 Å². The van der Waals surface area contributed by atoms with E-state index in [-0.39, 0.29) is 5.69 Å². The van der Waals surface area contributed by atoms with E-state index in [0.717, 1.165) is 28.1 Å². The number of aliphatic carboxylic acids is 1. The SMILES string of the molecule is Cc1ccc(N(CCC(=O)[O-])S(=O)(=O)c2cccc(C(F)(F)F)c2)cc1. The lowest BCUT2D eigenvalue weighted by Gasteiger charge is -2.25. The molecule has 5 nitrogen and oxygen atoms in total. The first-order valence-electron chi connectivity index (χ1n) is 7.48. The van der Waals surface area contributed by atoms with Gasteiger partial charge in [-0.3, -0.25) is 4.31 Å². The van der Waals surface area contributed by atoms with Crippen LogP contribution in [0.2, 0.25) is 0 Å². The van der Waals surface area contributed by atoms with Gasteiger partial charge in [-0.1, -0.05) is 23.8 Å². The summed E-state index contributed by atoms with van der Waals surface area (Å²) in [5, 5.41) is 10.8. The molecular formula is C17H15F3NO4S-. The quantitative estimate of drug-likeness (QED) is 0.764. The number of hydrogen-bond donors (Lipinski definition) is 0. The van der Waals surface area contributed by atoms with Crippen LogP contribution in [0.1, 0.15) is 17.5 Å². The van der Waals surface area contributed by atoms with E-state index in [9.17, 15) is 31.5 Å². The van der Waals surface area contributed by atoms with Gasteiger partial charge in [0, 0.05) is 18.9 Å². The number of hydrogen-bond acceptors (Lipinski definition) is 4. The van der Waals surface area contributed by atoms with Gasteiger partial charge in [-0.2, -0.15) is 13.2 Å². The molecule has 0 unspecified atom stereocenters. The van der Waals surface area contributed by atoms with Crippen LogP contribution in [0, 0.1) is 6.92 Å². The van der Waals surface area contributed by atoms with Crippen LogP contribution in [0.25, 0.3) is 0 Å². The molecule has 0 bridgehead atoms. The zero-order chi connectivity index (χ0) is 19.5. The Hall–Kier alpha value is -2.55. The van der Waals surface area contributed by atoms with Gasteiger partial charge in [-0.25, -0.2) is 8.42 Å². The van der Waals surface area contributed by atoms with Crippen molar-refractivity contribution in [3.8, 4) is 0 Å². The molecule has 26 heavy (non-hydrogen) atoms. The fourth-order valence-corrected chi connectivity index (χ4v) is 3.76. The summed E-state index contributed by atoms with van der Waals surface area (Å²) in [6.07, 6.45) is -5.31. The molecule has 0 radical (unpaired) electrons. The standard InChI is InChI=1S/C17H16F3NO4S/c1-12-5-7-14(8-6-12)21(10-9-16(22)23)26(24,25)15-4-2-3-13(11-15)17(18,19)20/h2-8,11H,9-10H2,1H3,(H,22,23)/p-1. The van der Waals surface area contributed by atoms with E-state index in [1.54, 1.807) is 19.1 Å². The molecular weight excluding hydrogens is 371 g/mol. The number of carboxylic acids is 1. The third kappa shape index (κ3) is 4.54. The molecule has 0 heterocycles. The molecule has 2 rings (SSSR count). The first-order chi connectivity index (χ1) is 12.0. The van der Waals surface area contributed by atoms with E-state index in [0.29, 0.717) is 6.07 Å². The second kappa shape index (κ2) is 7.36. The fourth-order valence-electron chi connectivity index (χ4n) is 2.25. The number of anilines is 1. The third-order valence-electron chi connectivity index (χ3n) is 3.59. The Labute approximate surface area is 148 Å². The normalized spacial score (nSPS) is 12.0. The van der Waals surface area contributed by atoms with E-state index in [4.69, 9.17) is 0 Å². The van der Waals surface area contributed by atoms with Crippen molar-refractivity contribution >= 4 is 21.7 Å². The second-order valence-electron chi connectivity index (χ2n) is 5.56. The number of aryl methyl sites for hydroxylation is 1. The van der Waals surface area contributed by atoms with Crippen LogP contribution >= 0.6 is 0 Å². The molecule has 0 aliphatic carbocycles. The van der Waals surface area contributed by atoms with Crippen molar-refractivity contribution in [3.63, 3.8) is 0 Å². The lowest BCUT2D eigenvalue weighted by atomic mass is 10.2. The smallest absolute Gasteiger partial charge is 0.416 e. The van der Waals surface area contributed by atoms with Gasteiger partial charge in [-0.05, 0) is 37.3 Å². The molecule has 0 aromatic heterocycles. The van der Waals surface area contributed by atoms with Crippen LogP contribution in [0.5, 0.6) is 0 Å². The van der Waals surface area contributed by atoms with Crippen molar-refractivity contribution < 1.29 is 31.5 Å². The van der Waals surface area contributed by atoms with Crippen LogP contribution in [0.4, 0.5) is 18.9 Å². The van der Waals surface area contributed by atoms with Gasteiger partial charge >= 0.3 is 6.18 Å². The molecule has 0 saturated carbocycles. The summed E-state index contributed by atoms with van der Waals surface area (Å²) in [4.78, 5) is 10.2. The lowest BCUT2D eigenvalue weighted by Crippen LogP contribution is -2.35. The Morgan fingerprint density at radius 1 is 1.12 bits per heavy atom. The minimum absolute atomic E-state index is 0.147. The molecule has 0 atom stereocenters. The molecule has 0 aliphatic heterocycles. The number of carbonyl (C=O) groups is 1. The average Bonchev–Trinajstić information content (AvgIpc) is 2.55. The van der Waals surface area contributed by atoms with Gasteiger partial charge in [-0.15, -0.1) is 0 Å². The maximum Gasteiger partial charge on any atom is 0.416 e. The van der Waals surface area contributed by atoms with Crippen molar-refractivity contribution in [1.82, 2.24) is 0 Å². The van der Waals surface area contributed by atoms with Gasteiger partial charge in [0.2, 0.25) is 0 Å². The number of sulfonamides is 1.